The molecule has 0 fully saturated rings. The van der Waals surface area contributed by atoms with Gasteiger partial charge in [0.25, 0.3) is 0 Å². The lowest BCUT2D eigenvalue weighted by Crippen LogP contribution is -2.16. The van der Waals surface area contributed by atoms with Crippen LogP contribution in [0.15, 0.2) is 22.7 Å². The summed E-state index contributed by atoms with van der Waals surface area (Å²) in [5.74, 6) is 0.181. The highest BCUT2D eigenvalue weighted by atomic mass is 79.9. The Morgan fingerprint density at radius 2 is 1.94 bits per heavy atom. The smallest absolute Gasteiger partial charge is 0.389 e. The number of hydrogen-bond donors (Lipinski definition) is 2. The Morgan fingerprint density at radius 1 is 1.22 bits per heavy atom. The number of unbranched alkanes of at least 4 members (excludes halogenated alkanes) is 1. The van der Waals surface area contributed by atoms with Crippen molar-refractivity contribution in [3.8, 4) is 5.75 Å². The van der Waals surface area contributed by atoms with E-state index in [1.165, 1.54) is 0 Å². The van der Waals surface area contributed by atoms with Crippen molar-refractivity contribution in [2.45, 2.75) is 32.0 Å². The highest BCUT2D eigenvalue weighted by Crippen LogP contribution is 2.23. The predicted molar refractivity (Wildman–Crippen MR) is 67.4 cm³/mol. The molecular weight excluding hydrogens is 311 g/mol. The lowest BCUT2D eigenvalue weighted by molar-refractivity contribution is -0.135. The zero-order chi connectivity index (χ0) is 13.6. The van der Waals surface area contributed by atoms with Gasteiger partial charge in [-0.05, 0) is 37.6 Å². The van der Waals surface area contributed by atoms with Gasteiger partial charge < -0.3 is 10.4 Å². The fourth-order valence-corrected chi connectivity index (χ4v) is 1.90. The SMILES string of the molecule is Oc1ccc(Br)cc1CNCCCCC(F)(F)F. The number of phenols is 1. The lowest BCUT2D eigenvalue weighted by Gasteiger charge is -2.08. The van der Waals surface area contributed by atoms with Crippen LogP contribution < -0.4 is 5.32 Å². The summed E-state index contributed by atoms with van der Waals surface area (Å²) < 4.78 is 36.5. The summed E-state index contributed by atoms with van der Waals surface area (Å²) in [6.45, 7) is 0.944. The summed E-state index contributed by atoms with van der Waals surface area (Å²) in [5, 5.41) is 12.5. The molecule has 18 heavy (non-hydrogen) atoms. The molecular formula is C12H15BrF3NO. The average molecular weight is 326 g/mol. The third-order valence-electron chi connectivity index (χ3n) is 2.42. The van der Waals surface area contributed by atoms with Gasteiger partial charge >= 0.3 is 6.18 Å². The van der Waals surface area contributed by atoms with E-state index in [2.05, 4.69) is 21.2 Å². The summed E-state index contributed by atoms with van der Waals surface area (Å²) >= 11 is 3.29. The van der Waals surface area contributed by atoms with Crippen molar-refractivity contribution in [1.29, 1.82) is 0 Å². The van der Waals surface area contributed by atoms with Crippen molar-refractivity contribution in [2.75, 3.05) is 6.54 Å². The van der Waals surface area contributed by atoms with Crippen LogP contribution in [0.5, 0.6) is 5.75 Å². The molecule has 0 heterocycles. The summed E-state index contributed by atoms with van der Waals surface area (Å²) in [6.07, 6.45) is -4.21. The van der Waals surface area contributed by atoms with Crippen molar-refractivity contribution < 1.29 is 18.3 Å². The molecule has 0 amide bonds. The zero-order valence-electron chi connectivity index (χ0n) is 9.73. The minimum Gasteiger partial charge on any atom is -0.508 e. The molecule has 0 saturated heterocycles. The number of hydrogen-bond acceptors (Lipinski definition) is 2. The maximum atomic E-state index is 11.9. The second-order valence-corrected chi connectivity index (χ2v) is 4.94. The van der Waals surface area contributed by atoms with E-state index in [-0.39, 0.29) is 12.2 Å². The number of aromatic hydroxyl groups is 1. The maximum absolute atomic E-state index is 11.9. The van der Waals surface area contributed by atoms with Crippen LogP contribution in [-0.2, 0) is 6.54 Å². The number of rotatable bonds is 6. The van der Waals surface area contributed by atoms with Gasteiger partial charge in [-0.25, -0.2) is 0 Å². The molecule has 0 saturated carbocycles. The predicted octanol–water partition coefficient (Wildman–Crippen LogP) is 3.98. The highest BCUT2D eigenvalue weighted by molar-refractivity contribution is 9.10. The van der Waals surface area contributed by atoms with Gasteiger partial charge in [0, 0.05) is 23.0 Å². The Balaban J connectivity index is 2.20. The second-order valence-electron chi connectivity index (χ2n) is 4.02. The fraction of sp³-hybridized carbons (Fsp3) is 0.500. The summed E-state index contributed by atoms with van der Waals surface area (Å²) in [5.41, 5.74) is 0.722. The van der Waals surface area contributed by atoms with Gasteiger partial charge in [-0.15, -0.1) is 0 Å². The standard InChI is InChI=1S/C12H15BrF3NO/c13-10-3-4-11(18)9(7-10)8-17-6-2-1-5-12(14,15)16/h3-4,7,17-18H,1-2,5-6,8H2. The van der Waals surface area contributed by atoms with Crippen LogP contribution in [0, 0.1) is 0 Å². The third-order valence-corrected chi connectivity index (χ3v) is 2.91. The molecule has 0 radical (unpaired) electrons. The van der Waals surface area contributed by atoms with Crippen LogP contribution in [0.25, 0.3) is 0 Å². The first-order chi connectivity index (χ1) is 8.38. The molecule has 1 rings (SSSR count). The van der Waals surface area contributed by atoms with E-state index in [1.54, 1.807) is 18.2 Å². The van der Waals surface area contributed by atoms with Gasteiger partial charge in [0.15, 0.2) is 0 Å². The maximum Gasteiger partial charge on any atom is 0.389 e. The summed E-state index contributed by atoms with van der Waals surface area (Å²) in [4.78, 5) is 0. The topological polar surface area (TPSA) is 32.3 Å². The molecule has 1 aromatic carbocycles. The Labute approximate surface area is 112 Å². The van der Waals surface area contributed by atoms with Crippen LogP contribution in [-0.4, -0.2) is 17.8 Å². The number of benzene rings is 1. The van der Waals surface area contributed by atoms with Crippen molar-refractivity contribution in [2.24, 2.45) is 0 Å². The first-order valence-electron chi connectivity index (χ1n) is 5.63. The molecule has 6 heteroatoms. The molecule has 0 aliphatic carbocycles. The second kappa shape index (κ2) is 6.99. The quantitative estimate of drug-likeness (QED) is 0.775. The van der Waals surface area contributed by atoms with Crippen molar-refractivity contribution in [3.63, 3.8) is 0 Å². The molecule has 2 nitrogen and oxygen atoms in total. The number of halogens is 4. The summed E-state index contributed by atoms with van der Waals surface area (Å²) in [6, 6.07) is 5.07. The van der Waals surface area contributed by atoms with Gasteiger partial charge in [0.2, 0.25) is 0 Å². The molecule has 102 valence electrons. The highest BCUT2D eigenvalue weighted by Gasteiger charge is 2.25. The van der Waals surface area contributed by atoms with E-state index < -0.39 is 12.6 Å². The van der Waals surface area contributed by atoms with Crippen molar-refractivity contribution in [1.82, 2.24) is 5.32 Å². The Bertz CT molecular complexity index is 382. The normalized spacial score (nSPS) is 11.8. The van der Waals surface area contributed by atoms with E-state index in [0.29, 0.717) is 19.5 Å². The summed E-state index contributed by atoms with van der Waals surface area (Å²) in [7, 11) is 0. The van der Waals surface area contributed by atoms with Gasteiger partial charge in [0.05, 0.1) is 0 Å². The third kappa shape index (κ3) is 6.26. The molecule has 0 aliphatic rings. The zero-order valence-corrected chi connectivity index (χ0v) is 11.3. The first-order valence-corrected chi connectivity index (χ1v) is 6.42. The largest absolute Gasteiger partial charge is 0.508 e. The van der Waals surface area contributed by atoms with Gasteiger partial charge in [-0.3, -0.25) is 0 Å². The van der Waals surface area contributed by atoms with E-state index in [1.807, 2.05) is 0 Å². The van der Waals surface area contributed by atoms with Gasteiger partial charge in [-0.2, -0.15) is 13.2 Å². The van der Waals surface area contributed by atoms with Crippen LogP contribution in [0.3, 0.4) is 0 Å². The van der Waals surface area contributed by atoms with Crippen molar-refractivity contribution >= 4 is 15.9 Å². The molecule has 2 N–H and O–H groups in total. The van der Waals surface area contributed by atoms with E-state index in [4.69, 9.17) is 0 Å². The van der Waals surface area contributed by atoms with Gasteiger partial charge in [-0.1, -0.05) is 15.9 Å². The fourth-order valence-electron chi connectivity index (χ4n) is 1.49. The molecule has 1 aromatic rings. The number of nitrogens with one attached hydrogen (secondary N) is 1. The van der Waals surface area contributed by atoms with Crippen LogP contribution in [0.2, 0.25) is 0 Å². The number of phenolic OH excluding ortho intramolecular Hbond substituents is 1. The number of alkyl halides is 3. The molecule has 0 spiro atoms. The minimum atomic E-state index is -4.07. The monoisotopic (exact) mass is 325 g/mol. The molecule has 0 aromatic heterocycles. The Kier molecular flexibility index (Phi) is 5.95. The minimum absolute atomic E-state index is 0.126. The van der Waals surface area contributed by atoms with Crippen LogP contribution >= 0.6 is 15.9 Å². The van der Waals surface area contributed by atoms with E-state index >= 15 is 0 Å². The molecule has 0 unspecified atom stereocenters. The Morgan fingerprint density at radius 3 is 2.61 bits per heavy atom. The average Bonchev–Trinajstić information content (AvgIpc) is 2.26. The van der Waals surface area contributed by atoms with Crippen LogP contribution in [0.1, 0.15) is 24.8 Å². The van der Waals surface area contributed by atoms with Crippen molar-refractivity contribution in [3.05, 3.63) is 28.2 Å². The van der Waals surface area contributed by atoms with Gasteiger partial charge in [0.1, 0.15) is 5.75 Å². The van der Waals surface area contributed by atoms with E-state index in [9.17, 15) is 18.3 Å². The molecule has 0 atom stereocenters. The molecule has 0 aliphatic heterocycles. The first kappa shape index (κ1) is 15.3. The Hall–Kier alpha value is -0.750. The van der Waals surface area contributed by atoms with Crippen LogP contribution in [0.4, 0.5) is 13.2 Å². The molecule has 0 bridgehead atoms. The van der Waals surface area contributed by atoms with E-state index in [0.717, 1.165) is 10.0 Å². The lowest BCUT2D eigenvalue weighted by atomic mass is 10.2.